The van der Waals surface area contributed by atoms with Crippen LogP contribution in [-0.4, -0.2) is 55.0 Å². The van der Waals surface area contributed by atoms with E-state index >= 15 is 0 Å². The van der Waals surface area contributed by atoms with Crippen LogP contribution in [0.1, 0.15) is 36.5 Å². The van der Waals surface area contributed by atoms with Crippen molar-refractivity contribution in [3.8, 4) is 0 Å². The number of methoxy groups -OCH3 is 1. The van der Waals surface area contributed by atoms with Gasteiger partial charge in [0, 0.05) is 32.3 Å². The number of nitrogens with zero attached hydrogens (tertiary/aromatic N) is 2. The molecule has 7 nitrogen and oxygen atoms in total. The third-order valence-electron chi connectivity index (χ3n) is 5.32. The van der Waals surface area contributed by atoms with E-state index in [0.29, 0.717) is 42.5 Å². The lowest BCUT2D eigenvalue weighted by Gasteiger charge is -2.39. The monoisotopic (exact) mass is 423 g/mol. The van der Waals surface area contributed by atoms with Crippen LogP contribution in [0.5, 0.6) is 0 Å². The van der Waals surface area contributed by atoms with Crippen molar-refractivity contribution >= 4 is 34.9 Å². The molecule has 2 atom stereocenters. The van der Waals surface area contributed by atoms with E-state index in [4.69, 9.17) is 21.4 Å². The molecule has 0 aromatic heterocycles. The third-order valence-corrected chi connectivity index (χ3v) is 5.67. The van der Waals surface area contributed by atoms with Crippen LogP contribution in [-0.2, 0) is 9.53 Å². The van der Waals surface area contributed by atoms with E-state index < -0.39 is 11.8 Å². The van der Waals surface area contributed by atoms with Crippen LogP contribution in [0.2, 0.25) is 0 Å². The Morgan fingerprint density at radius 3 is 2.83 bits per heavy atom. The first-order valence-electron chi connectivity index (χ1n) is 9.40. The number of halogens is 2. The molecule has 1 fully saturated rings. The molecular formula is C20H23ClFN3O4. The number of allylic oxidation sites excluding steroid dienone is 1. The lowest BCUT2D eigenvalue weighted by molar-refractivity contribution is -0.116. The van der Waals surface area contributed by atoms with Crippen molar-refractivity contribution < 1.29 is 23.8 Å². The van der Waals surface area contributed by atoms with E-state index in [1.807, 2.05) is 11.8 Å². The van der Waals surface area contributed by atoms with Crippen LogP contribution in [0.25, 0.3) is 0 Å². The van der Waals surface area contributed by atoms with Gasteiger partial charge in [0.05, 0.1) is 17.7 Å². The molecule has 156 valence electrons. The molecule has 1 saturated heterocycles. The Kier molecular flexibility index (Phi) is 6.54. The van der Waals surface area contributed by atoms with Crippen molar-refractivity contribution in [2.75, 3.05) is 25.1 Å². The van der Waals surface area contributed by atoms with Crippen molar-refractivity contribution in [3.05, 3.63) is 40.3 Å². The molecule has 0 spiro atoms. The summed E-state index contributed by atoms with van der Waals surface area (Å²) in [5.41, 5.74) is 1.57. The van der Waals surface area contributed by atoms with Crippen molar-refractivity contribution in [2.45, 2.75) is 38.3 Å². The number of carboxylic acid groups (broad SMARTS) is 1. The van der Waals surface area contributed by atoms with Gasteiger partial charge >= 0.3 is 5.97 Å². The minimum absolute atomic E-state index is 0.227. The number of hydrogen-bond donors (Lipinski definition) is 2. The quantitative estimate of drug-likeness (QED) is 0.686. The van der Waals surface area contributed by atoms with E-state index in [0.717, 1.165) is 18.1 Å². The number of carbonyl (C=O) groups excluding carboxylic acids is 1. The second kappa shape index (κ2) is 8.92. The zero-order chi connectivity index (χ0) is 21.1. The van der Waals surface area contributed by atoms with Gasteiger partial charge in [-0.25, -0.2) is 14.2 Å². The summed E-state index contributed by atoms with van der Waals surface area (Å²) in [5, 5.41) is 12.5. The van der Waals surface area contributed by atoms with Crippen molar-refractivity contribution in [3.63, 3.8) is 0 Å². The molecule has 2 aliphatic rings. The molecule has 2 aliphatic heterocycles. The molecule has 3 rings (SSSR count). The van der Waals surface area contributed by atoms with Gasteiger partial charge in [-0.3, -0.25) is 4.79 Å². The average molecular weight is 424 g/mol. The molecule has 9 heteroatoms. The normalized spacial score (nSPS) is 21.9. The molecule has 0 radical (unpaired) electrons. The number of ether oxygens (including phenoxy) is 1. The highest BCUT2D eigenvalue weighted by molar-refractivity contribution is 6.43. The summed E-state index contributed by atoms with van der Waals surface area (Å²) in [7, 11) is 1.56. The predicted octanol–water partition coefficient (Wildman–Crippen LogP) is 2.94. The summed E-state index contributed by atoms with van der Waals surface area (Å²) in [5.74, 6) is -2.35. The molecule has 0 bridgehead atoms. The van der Waals surface area contributed by atoms with E-state index in [1.54, 1.807) is 13.2 Å². The average Bonchev–Trinajstić information content (AvgIpc) is 3.09. The van der Waals surface area contributed by atoms with Gasteiger partial charge in [-0.05, 0) is 36.6 Å². The number of aromatic carboxylic acids is 1. The summed E-state index contributed by atoms with van der Waals surface area (Å²) in [4.78, 5) is 29.9. The number of hydrogen-bond acceptors (Lipinski definition) is 5. The topological polar surface area (TPSA) is 91.2 Å². The van der Waals surface area contributed by atoms with Gasteiger partial charge in [0.1, 0.15) is 16.7 Å². The van der Waals surface area contributed by atoms with Crippen molar-refractivity contribution in [1.82, 2.24) is 5.32 Å². The predicted molar refractivity (Wildman–Crippen MR) is 108 cm³/mol. The maximum atomic E-state index is 13.7. The molecule has 1 aromatic rings. The molecule has 0 saturated carbocycles. The Labute approximate surface area is 173 Å². The number of amides is 1. The van der Waals surface area contributed by atoms with Crippen LogP contribution in [0.4, 0.5) is 10.1 Å². The highest BCUT2D eigenvalue weighted by Crippen LogP contribution is 2.27. The number of rotatable bonds is 6. The second-order valence-electron chi connectivity index (χ2n) is 7.04. The van der Waals surface area contributed by atoms with Gasteiger partial charge in [0.25, 0.3) is 5.91 Å². The molecule has 29 heavy (non-hydrogen) atoms. The van der Waals surface area contributed by atoms with Crippen LogP contribution < -0.4 is 10.2 Å². The van der Waals surface area contributed by atoms with E-state index in [9.17, 15) is 14.0 Å². The summed E-state index contributed by atoms with van der Waals surface area (Å²) in [6.45, 7) is 2.95. The summed E-state index contributed by atoms with van der Waals surface area (Å²) in [6, 6.07) is 3.78. The Hall–Kier alpha value is -2.45. The minimum atomic E-state index is -1.31. The molecule has 1 aromatic carbocycles. The number of benzene rings is 1. The molecule has 0 aliphatic carbocycles. The smallest absolute Gasteiger partial charge is 0.338 e. The largest absolute Gasteiger partial charge is 0.478 e. The van der Waals surface area contributed by atoms with Gasteiger partial charge < -0.3 is 20.1 Å². The SMILES string of the molecule is CCC1=C(Cl)N=C(C(=O)N[C@@H]2CCN(c3ccc(F)c(C(=O)O)c3)C[C@@H]2OC)C1. The van der Waals surface area contributed by atoms with Gasteiger partial charge in [0.15, 0.2) is 0 Å². The highest BCUT2D eigenvalue weighted by Gasteiger charge is 2.32. The lowest BCUT2D eigenvalue weighted by atomic mass is 9.99. The van der Waals surface area contributed by atoms with E-state index in [1.165, 1.54) is 6.07 Å². The maximum Gasteiger partial charge on any atom is 0.338 e. The molecule has 0 unspecified atom stereocenters. The van der Waals surface area contributed by atoms with Crippen molar-refractivity contribution in [1.29, 1.82) is 0 Å². The standard InChI is InChI=1S/C20H23ClFN3O4/c1-3-11-8-16(23-18(11)21)19(26)24-15-6-7-25(10-17(15)29-2)12-4-5-14(22)13(9-12)20(27)28/h4-5,9,15,17H,3,6-8,10H2,1-2H3,(H,24,26)(H,27,28)/t15-,17+/m1/s1. The fourth-order valence-corrected chi connectivity index (χ4v) is 3.90. The zero-order valence-corrected chi connectivity index (χ0v) is 17.0. The van der Waals surface area contributed by atoms with E-state index in [-0.39, 0.29) is 23.6 Å². The number of carbonyl (C=O) groups is 2. The number of aliphatic imine (C=N–C) groups is 1. The molecule has 2 N–H and O–H groups in total. The lowest BCUT2D eigenvalue weighted by Crippen LogP contribution is -2.56. The highest BCUT2D eigenvalue weighted by atomic mass is 35.5. The van der Waals surface area contributed by atoms with Gasteiger partial charge in [-0.1, -0.05) is 18.5 Å². The number of piperidine rings is 1. The maximum absolute atomic E-state index is 13.7. The first kappa shape index (κ1) is 21.3. The summed E-state index contributed by atoms with van der Waals surface area (Å²) >= 11 is 6.06. The molecule has 1 amide bonds. The van der Waals surface area contributed by atoms with Crippen LogP contribution in [0, 0.1) is 5.82 Å². The summed E-state index contributed by atoms with van der Waals surface area (Å²) < 4.78 is 19.2. The van der Waals surface area contributed by atoms with Gasteiger partial charge in [0.2, 0.25) is 0 Å². The Bertz CT molecular complexity index is 886. The van der Waals surface area contributed by atoms with Crippen LogP contribution >= 0.6 is 11.6 Å². The first-order valence-corrected chi connectivity index (χ1v) is 9.78. The second-order valence-corrected chi connectivity index (χ2v) is 7.40. The zero-order valence-electron chi connectivity index (χ0n) is 16.2. The van der Waals surface area contributed by atoms with Crippen molar-refractivity contribution in [2.24, 2.45) is 4.99 Å². The van der Waals surface area contributed by atoms with Gasteiger partial charge in [-0.15, -0.1) is 0 Å². The van der Waals surface area contributed by atoms with Crippen LogP contribution in [0.3, 0.4) is 0 Å². The number of nitrogens with one attached hydrogen (secondary N) is 1. The number of anilines is 1. The Morgan fingerprint density at radius 2 is 2.21 bits per heavy atom. The Morgan fingerprint density at radius 1 is 1.45 bits per heavy atom. The fourth-order valence-electron chi connectivity index (χ4n) is 3.59. The first-order chi connectivity index (χ1) is 13.8. The van der Waals surface area contributed by atoms with Crippen LogP contribution in [0.15, 0.2) is 33.9 Å². The molecule has 2 heterocycles. The Balaban J connectivity index is 1.66. The number of carboxylic acids is 1. The molecular weight excluding hydrogens is 401 g/mol. The third kappa shape index (κ3) is 4.59. The van der Waals surface area contributed by atoms with E-state index in [2.05, 4.69) is 10.3 Å². The van der Waals surface area contributed by atoms with Gasteiger partial charge in [-0.2, -0.15) is 0 Å². The fraction of sp³-hybridized carbons (Fsp3) is 0.450. The summed E-state index contributed by atoms with van der Waals surface area (Å²) in [6.07, 6.45) is 1.46. The minimum Gasteiger partial charge on any atom is -0.478 e.